The number of pyridine rings is 1. The van der Waals surface area contributed by atoms with E-state index in [-0.39, 0.29) is 5.54 Å². The van der Waals surface area contributed by atoms with Gasteiger partial charge < -0.3 is 15.4 Å². The van der Waals surface area contributed by atoms with Crippen molar-refractivity contribution in [1.82, 2.24) is 4.98 Å². The Morgan fingerprint density at radius 2 is 2.28 bits per heavy atom. The van der Waals surface area contributed by atoms with Crippen molar-refractivity contribution in [1.29, 1.82) is 5.26 Å². The van der Waals surface area contributed by atoms with Crippen LogP contribution in [0.1, 0.15) is 18.4 Å². The maximum absolute atomic E-state index is 9.07. The van der Waals surface area contributed by atoms with Gasteiger partial charge in [-0.1, -0.05) is 0 Å². The van der Waals surface area contributed by atoms with Crippen molar-refractivity contribution in [3.05, 3.63) is 23.9 Å². The zero-order valence-electron chi connectivity index (χ0n) is 10.6. The third-order valence-corrected chi connectivity index (χ3v) is 3.40. The Balaban J connectivity index is 2.08. The highest BCUT2D eigenvalue weighted by molar-refractivity contribution is 5.53. The van der Waals surface area contributed by atoms with Crippen LogP contribution >= 0.6 is 0 Å². The number of ether oxygens (including phenoxy) is 1. The maximum Gasteiger partial charge on any atom is 0.146 e. The highest BCUT2D eigenvalue weighted by Gasteiger charge is 2.31. The van der Waals surface area contributed by atoms with Gasteiger partial charge in [0.1, 0.15) is 11.9 Å². The van der Waals surface area contributed by atoms with E-state index in [0.29, 0.717) is 12.2 Å². The Labute approximate surface area is 107 Å². The molecule has 0 amide bonds. The molecule has 1 aromatic rings. The number of aromatic nitrogens is 1. The second kappa shape index (κ2) is 5.34. The minimum atomic E-state index is -0.243. The first-order chi connectivity index (χ1) is 8.68. The second-order valence-corrected chi connectivity index (χ2v) is 4.77. The Morgan fingerprint density at radius 3 is 2.89 bits per heavy atom. The maximum atomic E-state index is 9.07. The summed E-state index contributed by atoms with van der Waals surface area (Å²) in [7, 11) is 1.67. The zero-order valence-corrected chi connectivity index (χ0v) is 10.6. The molecule has 0 radical (unpaired) electrons. The standard InChI is InChI=1S/C13H18N4O/c1-18-10-13(15)4-7-17(8-5-13)12-11(9-14)3-2-6-16-12/h2-3,6H,4-5,7-8,10,15H2,1H3. The second-order valence-electron chi connectivity index (χ2n) is 4.77. The fourth-order valence-corrected chi connectivity index (χ4v) is 2.33. The number of nitriles is 1. The minimum absolute atomic E-state index is 0.243. The summed E-state index contributed by atoms with van der Waals surface area (Å²) in [6.07, 6.45) is 3.42. The lowest BCUT2D eigenvalue weighted by atomic mass is 9.89. The molecule has 1 aliphatic rings. The molecule has 0 bridgehead atoms. The van der Waals surface area contributed by atoms with Crippen LogP contribution in [0.25, 0.3) is 0 Å². The molecule has 1 aromatic heterocycles. The van der Waals surface area contributed by atoms with E-state index in [1.54, 1.807) is 25.4 Å². The normalized spacial score (nSPS) is 18.4. The molecule has 0 aliphatic carbocycles. The van der Waals surface area contributed by atoms with Gasteiger partial charge in [0.05, 0.1) is 12.2 Å². The molecule has 0 aromatic carbocycles. The fourth-order valence-electron chi connectivity index (χ4n) is 2.33. The number of nitrogens with zero attached hydrogens (tertiary/aromatic N) is 3. The number of piperidine rings is 1. The third-order valence-electron chi connectivity index (χ3n) is 3.40. The van der Waals surface area contributed by atoms with E-state index in [0.717, 1.165) is 31.7 Å². The van der Waals surface area contributed by atoms with Gasteiger partial charge in [-0.25, -0.2) is 4.98 Å². The van der Waals surface area contributed by atoms with Crippen LogP contribution in [0.3, 0.4) is 0 Å². The highest BCUT2D eigenvalue weighted by atomic mass is 16.5. The monoisotopic (exact) mass is 246 g/mol. The molecule has 0 unspecified atom stereocenters. The fraction of sp³-hybridized carbons (Fsp3) is 0.538. The average molecular weight is 246 g/mol. The van der Waals surface area contributed by atoms with Crippen molar-refractivity contribution < 1.29 is 4.74 Å². The van der Waals surface area contributed by atoms with Crippen LogP contribution in [-0.2, 0) is 4.74 Å². The van der Waals surface area contributed by atoms with Crippen LogP contribution in [0.15, 0.2) is 18.3 Å². The molecular formula is C13H18N4O. The van der Waals surface area contributed by atoms with E-state index in [9.17, 15) is 0 Å². The van der Waals surface area contributed by atoms with Gasteiger partial charge in [-0.3, -0.25) is 0 Å². The highest BCUT2D eigenvalue weighted by Crippen LogP contribution is 2.25. The van der Waals surface area contributed by atoms with Crippen molar-refractivity contribution in [3.63, 3.8) is 0 Å². The summed E-state index contributed by atoms with van der Waals surface area (Å²) < 4.78 is 5.16. The van der Waals surface area contributed by atoms with Gasteiger partial charge in [0, 0.05) is 31.9 Å². The van der Waals surface area contributed by atoms with Gasteiger partial charge in [0.2, 0.25) is 0 Å². The summed E-state index contributed by atoms with van der Waals surface area (Å²) in [5, 5.41) is 9.07. The summed E-state index contributed by atoms with van der Waals surface area (Å²) in [6.45, 7) is 2.20. The molecule has 2 heterocycles. The van der Waals surface area contributed by atoms with E-state index in [4.69, 9.17) is 15.7 Å². The molecule has 18 heavy (non-hydrogen) atoms. The average Bonchev–Trinajstić information content (AvgIpc) is 2.40. The van der Waals surface area contributed by atoms with Gasteiger partial charge >= 0.3 is 0 Å². The molecule has 1 aliphatic heterocycles. The first kappa shape index (κ1) is 12.8. The lowest BCUT2D eigenvalue weighted by molar-refractivity contribution is 0.116. The number of nitrogens with two attached hydrogens (primary N) is 1. The zero-order chi connectivity index (χ0) is 13.0. The SMILES string of the molecule is COCC1(N)CCN(c2ncccc2C#N)CC1. The Hall–Kier alpha value is -1.64. The van der Waals surface area contributed by atoms with E-state index in [1.807, 2.05) is 0 Å². The van der Waals surface area contributed by atoms with Crippen LogP contribution in [-0.4, -0.2) is 37.3 Å². The lowest BCUT2D eigenvalue weighted by Crippen LogP contribution is -2.53. The number of rotatable bonds is 3. The van der Waals surface area contributed by atoms with Gasteiger partial charge in [0.15, 0.2) is 0 Å². The quantitative estimate of drug-likeness (QED) is 0.857. The first-order valence-corrected chi connectivity index (χ1v) is 6.06. The van der Waals surface area contributed by atoms with Crippen LogP contribution in [0.5, 0.6) is 0 Å². The van der Waals surface area contributed by atoms with Gasteiger partial charge in [0.25, 0.3) is 0 Å². The Kier molecular flexibility index (Phi) is 3.80. The van der Waals surface area contributed by atoms with Gasteiger partial charge in [-0.15, -0.1) is 0 Å². The van der Waals surface area contributed by atoms with Crippen molar-refractivity contribution in [3.8, 4) is 6.07 Å². The first-order valence-electron chi connectivity index (χ1n) is 6.06. The Bertz CT molecular complexity index is 447. The van der Waals surface area contributed by atoms with Crippen molar-refractivity contribution >= 4 is 5.82 Å². The van der Waals surface area contributed by atoms with E-state index >= 15 is 0 Å². The summed E-state index contributed by atoms with van der Waals surface area (Å²) in [5.74, 6) is 0.763. The lowest BCUT2D eigenvalue weighted by Gasteiger charge is -2.39. The summed E-state index contributed by atoms with van der Waals surface area (Å²) in [4.78, 5) is 6.42. The largest absolute Gasteiger partial charge is 0.383 e. The van der Waals surface area contributed by atoms with Crippen LogP contribution in [0, 0.1) is 11.3 Å². The van der Waals surface area contributed by atoms with Crippen molar-refractivity contribution in [2.75, 3.05) is 31.7 Å². The molecule has 0 spiro atoms. The van der Waals surface area contributed by atoms with E-state index < -0.39 is 0 Å². The molecule has 5 heteroatoms. The molecule has 1 saturated heterocycles. The van der Waals surface area contributed by atoms with Gasteiger partial charge in [-0.05, 0) is 25.0 Å². The molecular weight excluding hydrogens is 228 g/mol. The predicted octanol–water partition coefficient (Wildman–Crippen LogP) is 0.897. The number of anilines is 1. The van der Waals surface area contributed by atoms with Gasteiger partial charge in [-0.2, -0.15) is 5.26 Å². The molecule has 1 fully saturated rings. The predicted molar refractivity (Wildman–Crippen MR) is 69.2 cm³/mol. The molecule has 0 atom stereocenters. The topological polar surface area (TPSA) is 75.2 Å². The molecule has 5 nitrogen and oxygen atoms in total. The summed E-state index contributed by atoms with van der Waals surface area (Å²) in [6, 6.07) is 5.75. The Morgan fingerprint density at radius 1 is 1.56 bits per heavy atom. The molecule has 2 N–H and O–H groups in total. The van der Waals surface area contributed by atoms with E-state index in [2.05, 4.69) is 16.0 Å². The summed E-state index contributed by atoms with van der Waals surface area (Å²) >= 11 is 0. The van der Waals surface area contributed by atoms with Crippen molar-refractivity contribution in [2.45, 2.75) is 18.4 Å². The number of methoxy groups -OCH3 is 1. The molecule has 96 valence electrons. The molecule has 0 saturated carbocycles. The molecule has 2 rings (SSSR count). The summed E-state index contributed by atoms with van der Waals surface area (Å²) in [5.41, 5.74) is 6.62. The number of hydrogen-bond acceptors (Lipinski definition) is 5. The third kappa shape index (κ3) is 2.61. The smallest absolute Gasteiger partial charge is 0.146 e. The van der Waals surface area contributed by atoms with Crippen LogP contribution in [0.2, 0.25) is 0 Å². The van der Waals surface area contributed by atoms with E-state index in [1.165, 1.54) is 0 Å². The number of hydrogen-bond donors (Lipinski definition) is 1. The van der Waals surface area contributed by atoms with Crippen LogP contribution in [0.4, 0.5) is 5.82 Å². The minimum Gasteiger partial charge on any atom is -0.383 e. The van der Waals surface area contributed by atoms with Crippen LogP contribution < -0.4 is 10.6 Å². The van der Waals surface area contributed by atoms with Crippen molar-refractivity contribution in [2.24, 2.45) is 5.73 Å².